The van der Waals surface area contributed by atoms with Gasteiger partial charge in [0.2, 0.25) is 0 Å². The summed E-state index contributed by atoms with van der Waals surface area (Å²) in [6.07, 6.45) is 0. The van der Waals surface area contributed by atoms with Crippen LogP contribution in [0.2, 0.25) is 0 Å². The van der Waals surface area contributed by atoms with Crippen LogP contribution in [0.3, 0.4) is 0 Å². The summed E-state index contributed by atoms with van der Waals surface area (Å²) in [5.41, 5.74) is -0.112. The Morgan fingerprint density at radius 3 is 2.15 bits per heavy atom. The minimum atomic E-state index is -0.657. The highest BCUT2D eigenvalue weighted by molar-refractivity contribution is 5.50. The van der Waals surface area contributed by atoms with Crippen LogP contribution in [-0.4, -0.2) is 33.6 Å². The lowest BCUT2D eigenvalue weighted by Gasteiger charge is -2.39. The van der Waals surface area contributed by atoms with Crippen LogP contribution < -0.4 is 5.01 Å². The summed E-state index contributed by atoms with van der Waals surface area (Å²) in [7, 11) is 0. The average Bonchev–Trinajstić information content (AvgIpc) is 2.51. The Labute approximate surface area is 120 Å². The fourth-order valence-corrected chi connectivity index (χ4v) is 3.80. The molecule has 1 aliphatic rings. The number of hydrazine groups is 1. The third kappa shape index (κ3) is 1.97. The zero-order valence-corrected chi connectivity index (χ0v) is 12.8. The Morgan fingerprint density at radius 1 is 1.15 bits per heavy atom. The SMILES string of the molecule is CCN1N(c2ccccc2)C(C)(C)C([N+](=O)[O-])C1(C)C. The highest BCUT2D eigenvalue weighted by Crippen LogP contribution is 2.44. The molecule has 1 atom stereocenters. The van der Waals surface area contributed by atoms with Crippen LogP contribution in [0.4, 0.5) is 5.69 Å². The van der Waals surface area contributed by atoms with E-state index in [0.717, 1.165) is 12.2 Å². The van der Waals surface area contributed by atoms with Crippen LogP contribution >= 0.6 is 0 Å². The lowest BCUT2D eigenvalue weighted by Crippen LogP contribution is -2.52. The molecule has 1 unspecified atom stereocenters. The van der Waals surface area contributed by atoms with Crippen molar-refractivity contribution in [1.29, 1.82) is 0 Å². The number of hydrogen-bond donors (Lipinski definition) is 0. The van der Waals surface area contributed by atoms with Crippen molar-refractivity contribution in [2.75, 3.05) is 11.6 Å². The zero-order chi connectivity index (χ0) is 15.1. The summed E-state index contributed by atoms with van der Waals surface area (Å²) in [6.45, 7) is 10.6. The molecule has 5 nitrogen and oxygen atoms in total. The summed E-state index contributed by atoms with van der Waals surface area (Å²) >= 11 is 0. The first-order valence-corrected chi connectivity index (χ1v) is 7.01. The normalized spacial score (nSPS) is 24.9. The first-order chi connectivity index (χ1) is 9.24. The van der Waals surface area contributed by atoms with Crippen molar-refractivity contribution in [3.8, 4) is 0 Å². The Bertz CT molecular complexity index is 499. The van der Waals surface area contributed by atoms with Gasteiger partial charge in [0.05, 0.1) is 5.69 Å². The largest absolute Gasteiger partial charge is 0.293 e. The van der Waals surface area contributed by atoms with Gasteiger partial charge < -0.3 is 0 Å². The quantitative estimate of drug-likeness (QED) is 0.629. The molecule has 2 rings (SSSR count). The molecule has 0 saturated carbocycles. The number of hydrogen-bond acceptors (Lipinski definition) is 4. The zero-order valence-electron chi connectivity index (χ0n) is 12.8. The maximum atomic E-state index is 11.6. The molecule has 1 fully saturated rings. The molecule has 0 spiro atoms. The van der Waals surface area contributed by atoms with Crippen molar-refractivity contribution in [2.24, 2.45) is 0 Å². The molecular weight excluding hydrogens is 254 g/mol. The van der Waals surface area contributed by atoms with E-state index in [1.807, 2.05) is 65.0 Å². The van der Waals surface area contributed by atoms with E-state index in [-0.39, 0.29) is 4.92 Å². The van der Waals surface area contributed by atoms with Crippen molar-refractivity contribution in [3.63, 3.8) is 0 Å². The minimum absolute atomic E-state index is 0.133. The number of anilines is 1. The number of benzene rings is 1. The van der Waals surface area contributed by atoms with Gasteiger partial charge in [-0.3, -0.25) is 15.1 Å². The Kier molecular flexibility index (Phi) is 3.50. The van der Waals surface area contributed by atoms with Gasteiger partial charge in [0.25, 0.3) is 6.04 Å². The van der Waals surface area contributed by atoms with Gasteiger partial charge in [-0.2, -0.15) is 0 Å². The Morgan fingerprint density at radius 2 is 1.70 bits per heavy atom. The van der Waals surface area contributed by atoms with E-state index in [9.17, 15) is 10.1 Å². The second kappa shape index (κ2) is 4.74. The Hall–Kier alpha value is -1.62. The molecule has 0 aliphatic carbocycles. The summed E-state index contributed by atoms with van der Waals surface area (Å²) in [4.78, 5) is 11.5. The monoisotopic (exact) mass is 277 g/mol. The van der Waals surface area contributed by atoms with E-state index in [1.54, 1.807) is 0 Å². The van der Waals surface area contributed by atoms with E-state index in [1.165, 1.54) is 0 Å². The fraction of sp³-hybridized carbons (Fsp3) is 0.600. The topological polar surface area (TPSA) is 49.6 Å². The van der Waals surface area contributed by atoms with E-state index >= 15 is 0 Å². The lowest BCUT2D eigenvalue weighted by molar-refractivity contribution is -0.539. The van der Waals surface area contributed by atoms with Crippen LogP contribution in [0.25, 0.3) is 0 Å². The highest BCUT2D eigenvalue weighted by atomic mass is 16.6. The van der Waals surface area contributed by atoms with Crippen LogP contribution in [0.1, 0.15) is 34.6 Å². The van der Waals surface area contributed by atoms with Crippen molar-refractivity contribution < 1.29 is 4.92 Å². The molecule has 5 heteroatoms. The van der Waals surface area contributed by atoms with Crippen LogP contribution in [-0.2, 0) is 0 Å². The second-order valence-corrected chi connectivity index (χ2v) is 6.36. The van der Waals surface area contributed by atoms with Crippen LogP contribution in [0.5, 0.6) is 0 Å². The highest BCUT2D eigenvalue weighted by Gasteiger charge is 2.64. The van der Waals surface area contributed by atoms with Gasteiger partial charge in [-0.15, -0.1) is 0 Å². The molecule has 0 amide bonds. The average molecular weight is 277 g/mol. The van der Waals surface area contributed by atoms with Crippen LogP contribution in [0, 0.1) is 10.1 Å². The van der Waals surface area contributed by atoms with Crippen LogP contribution in [0.15, 0.2) is 30.3 Å². The van der Waals surface area contributed by atoms with E-state index in [0.29, 0.717) is 0 Å². The summed E-state index contributed by atoms with van der Waals surface area (Å²) in [5.74, 6) is 0. The van der Waals surface area contributed by atoms with Gasteiger partial charge in [-0.25, -0.2) is 5.01 Å². The number of likely N-dealkylation sites (N-methyl/N-ethyl adjacent to an activating group) is 1. The molecule has 0 radical (unpaired) electrons. The lowest BCUT2D eigenvalue weighted by atomic mass is 9.83. The third-order valence-corrected chi connectivity index (χ3v) is 4.30. The van der Waals surface area contributed by atoms with Gasteiger partial charge in [0.1, 0.15) is 11.1 Å². The first-order valence-electron chi connectivity index (χ1n) is 7.01. The van der Waals surface area contributed by atoms with Gasteiger partial charge in [0.15, 0.2) is 0 Å². The van der Waals surface area contributed by atoms with Gasteiger partial charge in [-0.05, 0) is 39.8 Å². The smallest absolute Gasteiger partial charge is 0.256 e. The maximum Gasteiger partial charge on any atom is 0.256 e. The van der Waals surface area contributed by atoms with Crippen molar-refractivity contribution in [1.82, 2.24) is 5.01 Å². The van der Waals surface area contributed by atoms with Gasteiger partial charge >= 0.3 is 0 Å². The molecular formula is C15H23N3O2. The summed E-state index contributed by atoms with van der Waals surface area (Å²) < 4.78 is 0. The summed E-state index contributed by atoms with van der Waals surface area (Å²) in [5, 5.41) is 15.8. The van der Waals surface area contributed by atoms with E-state index in [2.05, 4.69) is 10.0 Å². The van der Waals surface area contributed by atoms with Crippen molar-refractivity contribution >= 4 is 5.69 Å². The number of rotatable bonds is 3. The molecule has 110 valence electrons. The molecule has 20 heavy (non-hydrogen) atoms. The maximum absolute atomic E-state index is 11.6. The molecule has 1 saturated heterocycles. The summed E-state index contributed by atoms with van der Waals surface area (Å²) in [6, 6.07) is 9.23. The Balaban J connectivity index is 2.58. The predicted octanol–water partition coefficient (Wildman–Crippen LogP) is 2.95. The van der Waals surface area contributed by atoms with Crippen molar-refractivity contribution in [2.45, 2.75) is 51.7 Å². The molecule has 1 heterocycles. The third-order valence-electron chi connectivity index (χ3n) is 4.30. The molecule has 0 N–H and O–H groups in total. The molecule has 1 aliphatic heterocycles. The van der Waals surface area contributed by atoms with E-state index < -0.39 is 17.1 Å². The minimum Gasteiger partial charge on any atom is -0.293 e. The second-order valence-electron chi connectivity index (χ2n) is 6.36. The number of nitrogens with zero attached hydrogens (tertiary/aromatic N) is 3. The molecule has 1 aromatic rings. The van der Waals surface area contributed by atoms with Crippen molar-refractivity contribution in [3.05, 3.63) is 40.4 Å². The molecule has 0 aromatic heterocycles. The van der Waals surface area contributed by atoms with Gasteiger partial charge in [-0.1, -0.05) is 25.1 Å². The number of para-hydroxylation sites is 1. The molecule has 1 aromatic carbocycles. The first kappa shape index (κ1) is 14.8. The van der Waals surface area contributed by atoms with Gasteiger partial charge in [0, 0.05) is 11.5 Å². The fourth-order valence-electron chi connectivity index (χ4n) is 3.80. The molecule has 0 bridgehead atoms. The predicted molar refractivity (Wildman–Crippen MR) is 80.2 cm³/mol. The number of nitro groups is 1. The standard InChI is InChI=1S/C15H23N3O2/c1-6-16-14(2,3)13(18(19)20)15(4,5)17(16)12-10-8-7-9-11-12/h7-11,13H,6H2,1-5H3. The van der Waals surface area contributed by atoms with E-state index in [4.69, 9.17) is 0 Å².